The van der Waals surface area contributed by atoms with Gasteiger partial charge in [0.25, 0.3) is 0 Å². The molecule has 0 aliphatic heterocycles. The van der Waals surface area contributed by atoms with Crippen LogP contribution < -0.4 is 11.5 Å². The van der Waals surface area contributed by atoms with Crippen molar-refractivity contribution < 1.29 is 0 Å². The molecule has 0 aliphatic rings. The van der Waals surface area contributed by atoms with Crippen molar-refractivity contribution in [2.75, 3.05) is 13.1 Å². The molecule has 15 heavy (non-hydrogen) atoms. The molecule has 0 saturated carbocycles. The molecule has 2 nitrogen and oxygen atoms in total. The van der Waals surface area contributed by atoms with Gasteiger partial charge in [-0.2, -0.15) is 0 Å². The van der Waals surface area contributed by atoms with Gasteiger partial charge in [-0.05, 0) is 49.0 Å². The fourth-order valence-corrected chi connectivity index (χ4v) is 1.98. The third-order valence-electron chi connectivity index (χ3n) is 2.86. The molecule has 0 fully saturated rings. The van der Waals surface area contributed by atoms with Crippen LogP contribution in [-0.4, -0.2) is 13.1 Å². The lowest BCUT2D eigenvalue weighted by atomic mass is 9.88. The van der Waals surface area contributed by atoms with Gasteiger partial charge in [0.1, 0.15) is 0 Å². The lowest BCUT2D eigenvalue weighted by Gasteiger charge is -2.20. The van der Waals surface area contributed by atoms with Gasteiger partial charge >= 0.3 is 0 Å². The average Bonchev–Trinajstić information content (AvgIpc) is 2.19. The third kappa shape index (κ3) is 3.82. The zero-order valence-electron chi connectivity index (χ0n) is 9.12. The summed E-state index contributed by atoms with van der Waals surface area (Å²) in [6.07, 6.45) is 0.986. The summed E-state index contributed by atoms with van der Waals surface area (Å²) in [5.74, 6) is 0.891. The van der Waals surface area contributed by atoms with Gasteiger partial charge in [0, 0.05) is 5.02 Å². The van der Waals surface area contributed by atoms with Crippen molar-refractivity contribution in [3.8, 4) is 0 Å². The predicted molar refractivity (Wildman–Crippen MR) is 65.9 cm³/mol. The largest absolute Gasteiger partial charge is 0.330 e. The molecule has 0 radical (unpaired) electrons. The van der Waals surface area contributed by atoms with Crippen molar-refractivity contribution >= 4 is 11.6 Å². The van der Waals surface area contributed by atoms with Crippen LogP contribution in [0, 0.1) is 11.8 Å². The van der Waals surface area contributed by atoms with Crippen LogP contribution in [0.5, 0.6) is 0 Å². The van der Waals surface area contributed by atoms with E-state index < -0.39 is 0 Å². The fraction of sp³-hybridized carbons (Fsp3) is 0.500. The maximum absolute atomic E-state index is 5.93. The second-order valence-corrected chi connectivity index (χ2v) is 4.48. The lowest BCUT2D eigenvalue weighted by Crippen LogP contribution is -2.30. The van der Waals surface area contributed by atoms with E-state index in [1.54, 1.807) is 0 Å². The molecule has 0 bridgehead atoms. The number of halogens is 1. The highest BCUT2D eigenvalue weighted by molar-refractivity contribution is 6.30. The Labute approximate surface area is 96.6 Å². The summed E-state index contributed by atoms with van der Waals surface area (Å²) in [6.45, 7) is 3.49. The van der Waals surface area contributed by atoms with E-state index in [9.17, 15) is 0 Å². The number of nitrogens with two attached hydrogens (primary N) is 2. The predicted octanol–water partition coefficient (Wildman–Crippen LogP) is 2.05. The quantitative estimate of drug-likeness (QED) is 0.808. The molecule has 0 saturated heterocycles. The monoisotopic (exact) mass is 226 g/mol. The summed E-state index contributed by atoms with van der Waals surface area (Å²) in [4.78, 5) is 0. The van der Waals surface area contributed by atoms with Crippen molar-refractivity contribution in [2.24, 2.45) is 23.3 Å². The molecule has 1 aromatic carbocycles. The fourth-order valence-electron chi connectivity index (χ4n) is 1.76. The van der Waals surface area contributed by atoms with E-state index in [0.717, 1.165) is 11.4 Å². The number of rotatable bonds is 5. The molecule has 84 valence electrons. The minimum Gasteiger partial charge on any atom is -0.330 e. The smallest absolute Gasteiger partial charge is 0.0408 e. The molecule has 1 unspecified atom stereocenters. The Morgan fingerprint density at radius 1 is 1.27 bits per heavy atom. The number of benzene rings is 1. The Morgan fingerprint density at radius 2 is 1.93 bits per heavy atom. The maximum Gasteiger partial charge on any atom is 0.0408 e. The maximum atomic E-state index is 5.93. The number of hydrogen-bond acceptors (Lipinski definition) is 2. The van der Waals surface area contributed by atoms with E-state index in [1.807, 2.05) is 18.2 Å². The van der Waals surface area contributed by atoms with Crippen LogP contribution in [0.1, 0.15) is 12.5 Å². The molecular weight excluding hydrogens is 208 g/mol. The Kier molecular flexibility index (Phi) is 5.09. The van der Waals surface area contributed by atoms with Gasteiger partial charge < -0.3 is 11.5 Å². The van der Waals surface area contributed by atoms with Crippen LogP contribution >= 0.6 is 11.6 Å². The van der Waals surface area contributed by atoms with Crippen molar-refractivity contribution in [1.29, 1.82) is 0 Å². The van der Waals surface area contributed by atoms with Crippen LogP contribution in [-0.2, 0) is 6.42 Å². The molecule has 0 spiro atoms. The van der Waals surface area contributed by atoms with Crippen LogP contribution in [0.25, 0.3) is 0 Å². The standard InChI is InChI=1S/C12H19ClN2/c1-9(11(7-14)8-15)5-10-3-2-4-12(13)6-10/h2-4,6,9,11H,5,7-8,14-15H2,1H3. The minimum atomic E-state index is 0.393. The van der Waals surface area contributed by atoms with Gasteiger partial charge in [0.2, 0.25) is 0 Å². The van der Waals surface area contributed by atoms with E-state index >= 15 is 0 Å². The first-order valence-electron chi connectivity index (χ1n) is 5.32. The Bertz CT molecular complexity index is 297. The Balaban J connectivity index is 2.61. The summed E-state index contributed by atoms with van der Waals surface area (Å²) in [5.41, 5.74) is 12.6. The van der Waals surface area contributed by atoms with Crippen LogP contribution in [0.4, 0.5) is 0 Å². The van der Waals surface area contributed by atoms with E-state index in [0.29, 0.717) is 24.9 Å². The van der Waals surface area contributed by atoms with E-state index in [4.69, 9.17) is 23.1 Å². The summed E-state index contributed by atoms with van der Waals surface area (Å²) < 4.78 is 0. The molecule has 0 amide bonds. The van der Waals surface area contributed by atoms with E-state index in [1.165, 1.54) is 5.56 Å². The van der Waals surface area contributed by atoms with Crippen molar-refractivity contribution in [3.63, 3.8) is 0 Å². The summed E-state index contributed by atoms with van der Waals surface area (Å²) in [6, 6.07) is 7.96. The first-order chi connectivity index (χ1) is 7.17. The van der Waals surface area contributed by atoms with Gasteiger partial charge in [0.15, 0.2) is 0 Å². The van der Waals surface area contributed by atoms with Gasteiger partial charge in [-0.1, -0.05) is 30.7 Å². The van der Waals surface area contributed by atoms with E-state index in [-0.39, 0.29) is 0 Å². The molecule has 0 heterocycles. The molecule has 1 rings (SSSR count). The van der Waals surface area contributed by atoms with Gasteiger partial charge in [-0.15, -0.1) is 0 Å². The molecule has 1 aromatic rings. The number of hydrogen-bond donors (Lipinski definition) is 2. The summed E-state index contributed by atoms with van der Waals surface area (Å²) in [7, 11) is 0. The van der Waals surface area contributed by atoms with Crippen molar-refractivity contribution in [3.05, 3.63) is 34.9 Å². The zero-order chi connectivity index (χ0) is 11.3. The lowest BCUT2D eigenvalue weighted by molar-refractivity contribution is 0.372. The zero-order valence-corrected chi connectivity index (χ0v) is 9.87. The normalized spacial score (nSPS) is 13.1. The second-order valence-electron chi connectivity index (χ2n) is 4.04. The topological polar surface area (TPSA) is 52.0 Å². The Hall–Kier alpha value is -0.570. The summed E-state index contributed by atoms with van der Waals surface area (Å²) in [5, 5.41) is 0.789. The van der Waals surface area contributed by atoms with Crippen molar-refractivity contribution in [1.82, 2.24) is 0 Å². The first kappa shape index (κ1) is 12.5. The molecule has 0 aliphatic carbocycles. The van der Waals surface area contributed by atoms with Gasteiger partial charge in [-0.3, -0.25) is 0 Å². The Morgan fingerprint density at radius 3 is 2.47 bits per heavy atom. The molecule has 4 N–H and O–H groups in total. The highest BCUT2D eigenvalue weighted by atomic mass is 35.5. The highest BCUT2D eigenvalue weighted by Crippen LogP contribution is 2.18. The molecule has 0 aromatic heterocycles. The van der Waals surface area contributed by atoms with Gasteiger partial charge in [-0.25, -0.2) is 0 Å². The first-order valence-corrected chi connectivity index (χ1v) is 5.69. The van der Waals surface area contributed by atoms with E-state index in [2.05, 4.69) is 13.0 Å². The average molecular weight is 227 g/mol. The third-order valence-corrected chi connectivity index (χ3v) is 3.09. The van der Waals surface area contributed by atoms with Crippen molar-refractivity contribution in [2.45, 2.75) is 13.3 Å². The SMILES string of the molecule is CC(Cc1cccc(Cl)c1)C(CN)CN. The summed E-state index contributed by atoms with van der Waals surface area (Å²) >= 11 is 5.93. The molecular formula is C12H19ClN2. The molecule has 3 heteroatoms. The van der Waals surface area contributed by atoms with Crippen LogP contribution in [0.2, 0.25) is 5.02 Å². The second kappa shape index (κ2) is 6.11. The highest BCUT2D eigenvalue weighted by Gasteiger charge is 2.14. The van der Waals surface area contributed by atoms with Crippen LogP contribution in [0.3, 0.4) is 0 Å². The van der Waals surface area contributed by atoms with Crippen LogP contribution in [0.15, 0.2) is 24.3 Å². The molecule has 1 atom stereocenters. The minimum absolute atomic E-state index is 0.393. The van der Waals surface area contributed by atoms with Gasteiger partial charge in [0.05, 0.1) is 0 Å².